The van der Waals surface area contributed by atoms with Gasteiger partial charge in [-0.2, -0.15) is 0 Å². The van der Waals surface area contributed by atoms with Crippen LogP contribution in [-0.2, 0) is 9.84 Å². The summed E-state index contributed by atoms with van der Waals surface area (Å²) in [7, 11) is -3.50. The maximum Gasteiger partial charge on any atom is 0.258 e. The number of carbonyl (C=O) groups excluding carboxylic acids is 1. The molecular formula is C16H13N3O3S2. The summed E-state index contributed by atoms with van der Waals surface area (Å²) in [5.74, 6) is -0.535. The zero-order chi connectivity index (χ0) is 17.2. The van der Waals surface area contributed by atoms with Crippen LogP contribution in [-0.4, -0.2) is 30.8 Å². The first-order valence-corrected chi connectivity index (χ1v) is 9.65. The van der Waals surface area contributed by atoms with Gasteiger partial charge in [0.25, 0.3) is 5.91 Å². The minimum absolute atomic E-state index is 0.0182. The van der Waals surface area contributed by atoms with Gasteiger partial charge in [0, 0.05) is 11.8 Å². The minimum Gasteiger partial charge on any atom is -0.296 e. The standard InChI is InChI=1S/C16H13N3O3S2/c1-24(21,22)13-10-6-5-9-12(13)14(20)17-16-19-18-15(23-16)11-7-3-2-4-8-11/h2-10H,1H3,(H,17,19,20). The Morgan fingerprint density at radius 3 is 2.38 bits per heavy atom. The molecule has 1 heterocycles. The molecular weight excluding hydrogens is 346 g/mol. The fourth-order valence-corrected chi connectivity index (χ4v) is 3.74. The topological polar surface area (TPSA) is 89.0 Å². The van der Waals surface area contributed by atoms with Crippen LogP contribution in [0.3, 0.4) is 0 Å². The van der Waals surface area contributed by atoms with Crippen molar-refractivity contribution in [2.24, 2.45) is 0 Å². The Morgan fingerprint density at radius 1 is 1.00 bits per heavy atom. The van der Waals surface area contributed by atoms with Crippen LogP contribution in [0.1, 0.15) is 10.4 Å². The first-order valence-electron chi connectivity index (χ1n) is 6.94. The largest absolute Gasteiger partial charge is 0.296 e. The molecule has 0 aliphatic heterocycles. The highest BCUT2D eigenvalue weighted by Gasteiger charge is 2.19. The SMILES string of the molecule is CS(=O)(=O)c1ccccc1C(=O)Nc1nnc(-c2ccccc2)s1. The van der Waals surface area contributed by atoms with Crippen molar-refractivity contribution < 1.29 is 13.2 Å². The molecule has 1 amide bonds. The Morgan fingerprint density at radius 2 is 1.67 bits per heavy atom. The van der Waals surface area contributed by atoms with Gasteiger partial charge in [-0.25, -0.2) is 8.42 Å². The van der Waals surface area contributed by atoms with E-state index in [0.29, 0.717) is 10.1 Å². The summed E-state index contributed by atoms with van der Waals surface area (Å²) in [4.78, 5) is 12.4. The quantitative estimate of drug-likeness (QED) is 0.774. The van der Waals surface area contributed by atoms with Crippen molar-refractivity contribution in [3.8, 4) is 10.6 Å². The Balaban J connectivity index is 1.86. The predicted octanol–water partition coefficient (Wildman–Crippen LogP) is 2.86. The molecule has 0 unspecified atom stereocenters. The first-order chi connectivity index (χ1) is 11.4. The summed E-state index contributed by atoms with van der Waals surface area (Å²) in [6.45, 7) is 0. The van der Waals surface area contributed by atoms with Gasteiger partial charge in [0.05, 0.1) is 10.5 Å². The van der Waals surface area contributed by atoms with Crippen molar-refractivity contribution in [1.82, 2.24) is 10.2 Å². The number of hydrogen-bond donors (Lipinski definition) is 1. The molecule has 0 bridgehead atoms. The molecule has 0 fully saturated rings. The van der Waals surface area contributed by atoms with Crippen LogP contribution >= 0.6 is 11.3 Å². The van der Waals surface area contributed by atoms with E-state index in [9.17, 15) is 13.2 Å². The molecule has 24 heavy (non-hydrogen) atoms. The maximum absolute atomic E-state index is 12.4. The number of sulfone groups is 1. The van der Waals surface area contributed by atoms with E-state index in [-0.39, 0.29) is 10.5 Å². The van der Waals surface area contributed by atoms with E-state index in [0.717, 1.165) is 11.8 Å². The van der Waals surface area contributed by atoms with Crippen molar-refractivity contribution in [3.63, 3.8) is 0 Å². The Bertz CT molecular complexity index is 983. The highest BCUT2D eigenvalue weighted by atomic mass is 32.2. The van der Waals surface area contributed by atoms with Crippen LogP contribution in [0.25, 0.3) is 10.6 Å². The molecule has 0 saturated carbocycles. The lowest BCUT2D eigenvalue weighted by Gasteiger charge is -2.06. The summed E-state index contributed by atoms with van der Waals surface area (Å²) >= 11 is 1.22. The Hall–Kier alpha value is -2.58. The van der Waals surface area contributed by atoms with Gasteiger partial charge in [-0.3, -0.25) is 10.1 Å². The number of anilines is 1. The molecule has 3 rings (SSSR count). The van der Waals surface area contributed by atoms with Crippen molar-refractivity contribution in [3.05, 3.63) is 60.2 Å². The maximum atomic E-state index is 12.4. The number of aromatic nitrogens is 2. The number of nitrogens with one attached hydrogen (secondary N) is 1. The summed E-state index contributed by atoms with van der Waals surface area (Å²) in [6.07, 6.45) is 1.07. The number of benzene rings is 2. The fraction of sp³-hybridized carbons (Fsp3) is 0.0625. The van der Waals surface area contributed by atoms with E-state index < -0.39 is 15.7 Å². The van der Waals surface area contributed by atoms with Crippen molar-refractivity contribution in [2.75, 3.05) is 11.6 Å². The van der Waals surface area contributed by atoms with Crippen LogP contribution in [0.2, 0.25) is 0 Å². The molecule has 8 heteroatoms. The third kappa shape index (κ3) is 3.50. The second-order valence-corrected chi connectivity index (χ2v) is 7.96. The molecule has 0 saturated heterocycles. The van der Waals surface area contributed by atoms with Gasteiger partial charge in [0.1, 0.15) is 5.01 Å². The van der Waals surface area contributed by atoms with Gasteiger partial charge in [-0.05, 0) is 12.1 Å². The number of hydrogen-bond acceptors (Lipinski definition) is 6. The average Bonchev–Trinajstić information content (AvgIpc) is 3.03. The molecule has 0 atom stereocenters. The van der Waals surface area contributed by atoms with Crippen molar-refractivity contribution in [1.29, 1.82) is 0 Å². The zero-order valence-corrected chi connectivity index (χ0v) is 14.3. The molecule has 0 aliphatic carbocycles. The average molecular weight is 359 g/mol. The minimum atomic E-state index is -3.50. The second-order valence-electron chi connectivity index (χ2n) is 5.00. The lowest BCUT2D eigenvalue weighted by molar-refractivity contribution is 0.102. The first kappa shape index (κ1) is 16.3. The molecule has 3 aromatic rings. The van der Waals surface area contributed by atoms with E-state index >= 15 is 0 Å². The number of rotatable bonds is 4. The molecule has 0 radical (unpaired) electrons. The number of nitrogens with zero attached hydrogens (tertiary/aromatic N) is 2. The van der Waals surface area contributed by atoms with Crippen LogP contribution < -0.4 is 5.32 Å². The summed E-state index contributed by atoms with van der Waals surface area (Å²) in [5, 5.41) is 11.6. The number of amides is 1. The Kier molecular flexibility index (Phi) is 4.41. The molecule has 1 aromatic heterocycles. The van der Waals surface area contributed by atoms with Crippen LogP contribution in [0.4, 0.5) is 5.13 Å². The monoisotopic (exact) mass is 359 g/mol. The lowest BCUT2D eigenvalue weighted by Crippen LogP contribution is -2.15. The van der Waals surface area contributed by atoms with E-state index in [1.807, 2.05) is 30.3 Å². The van der Waals surface area contributed by atoms with E-state index in [4.69, 9.17) is 0 Å². The predicted molar refractivity (Wildman–Crippen MR) is 92.9 cm³/mol. The summed E-state index contributed by atoms with van der Waals surface area (Å²) in [5.41, 5.74) is 0.975. The fourth-order valence-electron chi connectivity index (χ4n) is 2.11. The number of carbonyl (C=O) groups is 1. The van der Waals surface area contributed by atoms with Crippen LogP contribution in [0, 0.1) is 0 Å². The highest BCUT2D eigenvalue weighted by Crippen LogP contribution is 2.26. The molecule has 122 valence electrons. The summed E-state index contributed by atoms with van der Waals surface area (Å²) < 4.78 is 23.6. The van der Waals surface area contributed by atoms with Gasteiger partial charge in [0.2, 0.25) is 5.13 Å². The molecule has 6 nitrogen and oxygen atoms in total. The van der Waals surface area contributed by atoms with Gasteiger partial charge < -0.3 is 0 Å². The normalized spacial score (nSPS) is 11.2. The van der Waals surface area contributed by atoms with Gasteiger partial charge in [-0.1, -0.05) is 53.8 Å². The lowest BCUT2D eigenvalue weighted by atomic mass is 10.2. The van der Waals surface area contributed by atoms with E-state index in [2.05, 4.69) is 15.5 Å². The third-order valence-corrected chi connectivity index (χ3v) is 5.24. The zero-order valence-electron chi connectivity index (χ0n) is 12.6. The third-order valence-electron chi connectivity index (χ3n) is 3.20. The van der Waals surface area contributed by atoms with Crippen LogP contribution in [0.5, 0.6) is 0 Å². The highest BCUT2D eigenvalue weighted by molar-refractivity contribution is 7.90. The smallest absolute Gasteiger partial charge is 0.258 e. The van der Waals surface area contributed by atoms with Crippen molar-refractivity contribution in [2.45, 2.75) is 4.90 Å². The van der Waals surface area contributed by atoms with Gasteiger partial charge >= 0.3 is 0 Å². The van der Waals surface area contributed by atoms with E-state index in [1.165, 1.54) is 23.5 Å². The van der Waals surface area contributed by atoms with E-state index in [1.54, 1.807) is 12.1 Å². The summed E-state index contributed by atoms with van der Waals surface area (Å²) in [6, 6.07) is 15.5. The Labute approximate surface area is 143 Å². The van der Waals surface area contributed by atoms with Gasteiger partial charge in [0.15, 0.2) is 9.84 Å². The van der Waals surface area contributed by atoms with Crippen LogP contribution in [0.15, 0.2) is 59.5 Å². The second kappa shape index (κ2) is 6.50. The molecule has 0 spiro atoms. The van der Waals surface area contributed by atoms with Crippen molar-refractivity contribution >= 4 is 32.2 Å². The van der Waals surface area contributed by atoms with Gasteiger partial charge in [-0.15, -0.1) is 10.2 Å². The molecule has 1 N–H and O–H groups in total. The molecule has 2 aromatic carbocycles. The molecule has 0 aliphatic rings.